The Morgan fingerprint density at radius 1 is 1.18 bits per heavy atom. The van der Waals surface area contributed by atoms with Crippen molar-refractivity contribution in [3.8, 4) is 0 Å². The highest BCUT2D eigenvalue weighted by molar-refractivity contribution is 9.11. The van der Waals surface area contributed by atoms with Gasteiger partial charge in [-0.05, 0) is 59.6 Å². The molecule has 1 heterocycles. The minimum Gasteiger partial charge on any atom is -0.380 e. The van der Waals surface area contributed by atoms with Gasteiger partial charge in [-0.2, -0.15) is 0 Å². The van der Waals surface area contributed by atoms with Crippen molar-refractivity contribution in [3.05, 3.63) is 48.5 Å². The summed E-state index contributed by atoms with van der Waals surface area (Å²) in [5.74, 6) is 0. The van der Waals surface area contributed by atoms with E-state index < -0.39 is 0 Å². The molecule has 2 rings (SSSR count). The Morgan fingerprint density at radius 2 is 1.94 bits per heavy atom. The third kappa shape index (κ3) is 3.33. The summed E-state index contributed by atoms with van der Waals surface area (Å²) >= 11 is 8.86. The molecule has 2 aromatic rings. The van der Waals surface area contributed by atoms with E-state index in [1.165, 1.54) is 15.3 Å². The van der Waals surface area contributed by atoms with Crippen LogP contribution in [0.1, 0.15) is 15.3 Å². The molecule has 0 saturated carbocycles. The molecular weight excluding hydrogens is 362 g/mol. The molecule has 0 aliphatic heterocycles. The van der Waals surface area contributed by atoms with E-state index >= 15 is 0 Å². The number of benzene rings is 1. The topological polar surface area (TPSA) is 12.0 Å². The van der Waals surface area contributed by atoms with E-state index in [-0.39, 0.29) is 0 Å². The highest BCUT2D eigenvalue weighted by atomic mass is 79.9. The van der Waals surface area contributed by atoms with Crippen LogP contribution in [0.4, 0.5) is 5.69 Å². The Balaban J connectivity index is 2.10. The number of thiophene rings is 1. The summed E-state index contributed by atoms with van der Waals surface area (Å²) in [5.41, 5.74) is 2.50. The van der Waals surface area contributed by atoms with Crippen LogP contribution < -0.4 is 5.32 Å². The maximum Gasteiger partial charge on any atom is 0.0488 e. The van der Waals surface area contributed by atoms with Crippen LogP contribution in [0, 0.1) is 13.8 Å². The molecular formula is C13H13Br2NS. The molecule has 1 nitrogen and oxygen atoms in total. The van der Waals surface area contributed by atoms with Crippen molar-refractivity contribution in [2.75, 3.05) is 5.32 Å². The van der Waals surface area contributed by atoms with Gasteiger partial charge < -0.3 is 5.32 Å². The number of aryl methyl sites for hydroxylation is 2. The Kier molecular flexibility index (Phi) is 4.28. The fourth-order valence-corrected chi connectivity index (χ4v) is 3.82. The quantitative estimate of drug-likeness (QED) is 0.747. The molecule has 1 aromatic carbocycles. The summed E-state index contributed by atoms with van der Waals surface area (Å²) in [6, 6.07) is 8.41. The molecule has 0 unspecified atom stereocenters. The molecule has 0 fully saturated rings. The summed E-state index contributed by atoms with van der Waals surface area (Å²) in [5, 5.41) is 3.45. The van der Waals surface area contributed by atoms with Crippen molar-refractivity contribution >= 4 is 48.9 Å². The molecule has 1 N–H and O–H groups in total. The highest BCUT2D eigenvalue weighted by Crippen LogP contribution is 2.27. The Labute approximate surface area is 123 Å². The summed E-state index contributed by atoms with van der Waals surface area (Å²) in [6.45, 7) is 5.19. The molecule has 90 valence electrons. The Bertz CT molecular complexity index is 534. The lowest BCUT2D eigenvalue weighted by Crippen LogP contribution is -1.99. The van der Waals surface area contributed by atoms with Crippen molar-refractivity contribution < 1.29 is 0 Å². The maximum atomic E-state index is 3.55. The summed E-state index contributed by atoms with van der Waals surface area (Å²) < 4.78 is 2.16. The molecule has 0 bridgehead atoms. The third-order valence-electron chi connectivity index (χ3n) is 2.54. The Hall–Kier alpha value is -0.320. The maximum absolute atomic E-state index is 3.55. The summed E-state index contributed by atoms with van der Waals surface area (Å²) in [6.07, 6.45) is 0. The van der Waals surface area contributed by atoms with Crippen LogP contribution in [-0.4, -0.2) is 0 Å². The van der Waals surface area contributed by atoms with Gasteiger partial charge in [0.25, 0.3) is 0 Å². The number of anilines is 1. The first-order valence-electron chi connectivity index (χ1n) is 5.31. The minimum absolute atomic E-state index is 0.871. The van der Waals surface area contributed by atoms with Crippen LogP contribution in [-0.2, 0) is 6.54 Å². The van der Waals surface area contributed by atoms with Gasteiger partial charge in [-0.1, -0.05) is 15.9 Å². The van der Waals surface area contributed by atoms with E-state index in [4.69, 9.17) is 0 Å². The smallest absolute Gasteiger partial charge is 0.0488 e. The number of nitrogens with one attached hydrogen (secondary N) is 1. The van der Waals surface area contributed by atoms with Gasteiger partial charge in [-0.3, -0.25) is 0 Å². The van der Waals surface area contributed by atoms with Crippen molar-refractivity contribution in [1.82, 2.24) is 0 Å². The summed E-state index contributed by atoms with van der Waals surface area (Å²) in [4.78, 5) is 2.76. The number of hydrogen-bond donors (Lipinski definition) is 1. The zero-order valence-electron chi connectivity index (χ0n) is 9.68. The minimum atomic E-state index is 0.871. The van der Waals surface area contributed by atoms with Crippen molar-refractivity contribution in [3.63, 3.8) is 0 Å². The molecule has 0 atom stereocenters. The number of hydrogen-bond acceptors (Lipinski definition) is 2. The number of halogens is 2. The second kappa shape index (κ2) is 5.55. The average molecular weight is 375 g/mol. The van der Waals surface area contributed by atoms with E-state index in [0.29, 0.717) is 0 Å². The normalized spacial score (nSPS) is 10.6. The molecule has 1 aromatic heterocycles. The Morgan fingerprint density at radius 3 is 2.53 bits per heavy atom. The van der Waals surface area contributed by atoms with Gasteiger partial charge in [0.15, 0.2) is 0 Å². The van der Waals surface area contributed by atoms with Gasteiger partial charge in [0.05, 0.1) is 0 Å². The third-order valence-corrected chi connectivity index (χ3v) is 4.70. The first-order chi connectivity index (χ1) is 8.06. The highest BCUT2D eigenvalue weighted by Gasteiger charge is 2.04. The predicted octanol–water partition coefficient (Wildman–Crippen LogP) is 5.50. The lowest BCUT2D eigenvalue weighted by atomic mass is 10.2. The largest absolute Gasteiger partial charge is 0.380 e. The molecule has 0 radical (unpaired) electrons. The average Bonchev–Trinajstić information content (AvgIpc) is 2.56. The molecule has 0 saturated heterocycles. The number of rotatable bonds is 3. The van der Waals surface area contributed by atoms with Crippen molar-refractivity contribution in [2.45, 2.75) is 20.4 Å². The molecule has 17 heavy (non-hydrogen) atoms. The fourth-order valence-electron chi connectivity index (χ4n) is 1.68. The monoisotopic (exact) mass is 373 g/mol. The zero-order valence-corrected chi connectivity index (χ0v) is 13.7. The van der Waals surface area contributed by atoms with Crippen LogP contribution in [0.25, 0.3) is 0 Å². The predicted molar refractivity (Wildman–Crippen MR) is 83.0 cm³/mol. The molecule has 0 aliphatic rings. The van der Waals surface area contributed by atoms with Gasteiger partial charge >= 0.3 is 0 Å². The van der Waals surface area contributed by atoms with E-state index in [0.717, 1.165) is 21.2 Å². The molecule has 0 spiro atoms. The van der Waals surface area contributed by atoms with Gasteiger partial charge in [-0.15, -0.1) is 11.3 Å². The van der Waals surface area contributed by atoms with Gasteiger partial charge in [0.1, 0.15) is 0 Å². The van der Waals surface area contributed by atoms with E-state index in [1.54, 1.807) is 0 Å². The van der Waals surface area contributed by atoms with Gasteiger partial charge in [0.2, 0.25) is 0 Å². The molecule has 0 amide bonds. The van der Waals surface area contributed by atoms with Gasteiger partial charge in [0, 0.05) is 30.9 Å². The van der Waals surface area contributed by atoms with Gasteiger partial charge in [-0.25, -0.2) is 0 Å². The lowest BCUT2D eigenvalue weighted by molar-refractivity contribution is 1.14. The molecule has 0 aliphatic carbocycles. The van der Waals surface area contributed by atoms with Crippen LogP contribution in [0.3, 0.4) is 0 Å². The van der Waals surface area contributed by atoms with Crippen molar-refractivity contribution in [1.29, 1.82) is 0 Å². The zero-order chi connectivity index (χ0) is 12.4. The van der Waals surface area contributed by atoms with E-state index in [2.05, 4.69) is 63.2 Å². The van der Waals surface area contributed by atoms with Crippen molar-refractivity contribution in [2.24, 2.45) is 0 Å². The van der Waals surface area contributed by atoms with Crippen LogP contribution in [0.2, 0.25) is 0 Å². The first kappa shape index (κ1) is 13.1. The van der Waals surface area contributed by atoms with E-state index in [1.807, 2.05) is 23.5 Å². The first-order valence-corrected chi connectivity index (χ1v) is 7.71. The molecule has 4 heteroatoms. The fraction of sp³-hybridized carbons (Fsp3) is 0.231. The van der Waals surface area contributed by atoms with Crippen LogP contribution in [0.5, 0.6) is 0 Å². The van der Waals surface area contributed by atoms with E-state index in [9.17, 15) is 0 Å². The SMILES string of the molecule is Cc1cc(CNc2ccc(Br)cc2Br)c(C)s1. The standard InChI is InChI=1S/C13H13Br2NS/c1-8-5-10(9(2)17-8)7-16-13-4-3-11(14)6-12(13)15/h3-6,16H,7H2,1-2H3. The lowest BCUT2D eigenvalue weighted by Gasteiger charge is -2.08. The van der Waals surface area contributed by atoms with Crippen LogP contribution >= 0.6 is 43.2 Å². The summed E-state index contributed by atoms with van der Waals surface area (Å²) in [7, 11) is 0. The second-order valence-electron chi connectivity index (χ2n) is 3.92. The van der Waals surface area contributed by atoms with Crippen LogP contribution in [0.15, 0.2) is 33.2 Å². The second-order valence-corrected chi connectivity index (χ2v) is 7.15.